The van der Waals surface area contributed by atoms with Crippen molar-refractivity contribution in [3.63, 3.8) is 0 Å². The molecular weight excluding hydrogens is 196 g/mol. The van der Waals surface area contributed by atoms with Crippen molar-refractivity contribution in [2.75, 3.05) is 0 Å². The highest BCUT2D eigenvalue weighted by atomic mass is 16.3. The number of rotatable bonds is 2. The van der Waals surface area contributed by atoms with E-state index in [1.165, 1.54) is 11.1 Å². The Morgan fingerprint density at radius 2 is 1.88 bits per heavy atom. The van der Waals surface area contributed by atoms with Crippen LogP contribution in [0.1, 0.15) is 46.1 Å². The van der Waals surface area contributed by atoms with Gasteiger partial charge in [0, 0.05) is 5.92 Å². The smallest absolute Gasteiger partial charge is 0.115 e. The minimum atomic E-state index is 0.158. The van der Waals surface area contributed by atoms with Gasteiger partial charge in [0.25, 0.3) is 0 Å². The molecule has 1 aromatic rings. The molecule has 0 aliphatic carbocycles. The van der Waals surface area contributed by atoms with E-state index in [-0.39, 0.29) is 5.41 Å². The summed E-state index contributed by atoms with van der Waals surface area (Å²) in [6.45, 7) is 10.9. The van der Waals surface area contributed by atoms with Crippen molar-refractivity contribution in [2.45, 2.75) is 40.5 Å². The average Bonchev–Trinajstić information content (AvgIpc) is 2.12. The maximum absolute atomic E-state index is 9.54. The van der Waals surface area contributed by atoms with Crippen LogP contribution in [0.3, 0.4) is 0 Å². The molecule has 1 atom stereocenters. The third-order valence-electron chi connectivity index (χ3n) is 2.66. The van der Waals surface area contributed by atoms with Crippen LogP contribution in [0, 0.1) is 5.41 Å². The van der Waals surface area contributed by atoms with Crippen LogP contribution >= 0.6 is 0 Å². The maximum atomic E-state index is 9.54. The number of benzene rings is 1. The van der Waals surface area contributed by atoms with Gasteiger partial charge in [0.1, 0.15) is 5.75 Å². The summed E-state index contributed by atoms with van der Waals surface area (Å²) in [5.74, 6) is 0.679. The van der Waals surface area contributed by atoms with Gasteiger partial charge in [0.05, 0.1) is 0 Å². The van der Waals surface area contributed by atoms with Gasteiger partial charge in [0.2, 0.25) is 0 Å². The second kappa shape index (κ2) is 4.73. The van der Waals surface area contributed by atoms with Gasteiger partial charge in [-0.2, -0.15) is 0 Å². The fraction of sp³-hybridized carbons (Fsp3) is 0.467. The Hall–Kier alpha value is -1.24. The summed E-state index contributed by atoms with van der Waals surface area (Å²) in [5.41, 5.74) is 2.64. The van der Waals surface area contributed by atoms with Crippen LogP contribution in [0.25, 0.3) is 0 Å². The first-order chi connectivity index (χ1) is 7.30. The van der Waals surface area contributed by atoms with Crippen LogP contribution in [0.2, 0.25) is 0 Å². The van der Waals surface area contributed by atoms with Crippen molar-refractivity contribution < 1.29 is 5.11 Å². The molecule has 88 valence electrons. The van der Waals surface area contributed by atoms with E-state index in [2.05, 4.69) is 46.8 Å². The van der Waals surface area contributed by atoms with Crippen molar-refractivity contribution in [3.8, 4) is 5.75 Å². The second-order valence-electron chi connectivity index (χ2n) is 5.68. The minimum Gasteiger partial charge on any atom is -0.508 e. The fourth-order valence-electron chi connectivity index (χ4n) is 1.90. The van der Waals surface area contributed by atoms with Crippen molar-refractivity contribution in [1.29, 1.82) is 0 Å². The predicted octanol–water partition coefficient (Wildman–Crippen LogP) is 4.49. The van der Waals surface area contributed by atoms with Crippen molar-refractivity contribution in [1.82, 2.24) is 0 Å². The SMILES string of the molecule is CC(C)=CC(c1cccc(O)c1)C(C)(C)C. The molecule has 1 rings (SSSR count). The maximum Gasteiger partial charge on any atom is 0.115 e. The molecule has 0 fully saturated rings. The van der Waals surface area contributed by atoms with Crippen molar-refractivity contribution in [2.24, 2.45) is 5.41 Å². The Kier molecular flexibility index (Phi) is 3.79. The van der Waals surface area contributed by atoms with E-state index in [4.69, 9.17) is 0 Å². The lowest BCUT2D eigenvalue weighted by Gasteiger charge is -2.29. The van der Waals surface area contributed by atoms with E-state index < -0.39 is 0 Å². The zero-order chi connectivity index (χ0) is 12.3. The lowest BCUT2D eigenvalue weighted by molar-refractivity contribution is 0.364. The van der Waals surface area contributed by atoms with Gasteiger partial charge >= 0.3 is 0 Å². The van der Waals surface area contributed by atoms with Crippen molar-refractivity contribution in [3.05, 3.63) is 41.5 Å². The van der Waals surface area contributed by atoms with Crippen LogP contribution in [-0.2, 0) is 0 Å². The first-order valence-electron chi connectivity index (χ1n) is 5.74. The Labute approximate surface area is 98.8 Å². The largest absolute Gasteiger partial charge is 0.508 e. The van der Waals surface area contributed by atoms with E-state index in [9.17, 15) is 5.11 Å². The normalized spacial score (nSPS) is 13.3. The predicted molar refractivity (Wildman–Crippen MR) is 69.7 cm³/mol. The Bertz CT molecular complexity index is 379. The van der Waals surface area contributed by atoms with Gasteiger partial charge in [0.15, 0.2) is 0 Å². The fourth-order valence-corrected chi connectivity index (χ4v) is 1.90. The molecular formula is C15H22O. The quantitative estimate of drug-likeness (QED) is 0.725. The van der Waals surface area contributed by atoms with Gasteiger partial charge in [-0.15, -0.1) is 0 Å². The molecule has 1 heteroatoms. The Balaban J connectivity index is 3.17. The molecule has 0 radical (unpaired) electrons. The first-order valence-corrected chi connectivity index (χ1v) is 5.74. The molecule has 1 nitrogen and oxygen atoms in total. The topological polar surface area (TPSA) is 20.2 Å². The first kappa shape index (κ1) is 12.8. The Morgan fingerprint density at radius 3 is 2.31 bits per heavy atom. The molecule has 0 heterocycles. The summed E-state index contributed by atoms with van der Waals surface area (Å²) in [5, 5.41) is 9.54. The van der Waals surface area contributed by atoms with Gasteiger partial charge in [-0.05, 0) is 37.0 Å². The third kappa shape index (κ3) is 3.41. The molecule has 0 saturated carbocycles. The number of aromatic hydroxyl groups is 1. The highest BCUT2D eigenvalue weighted by molar-refractivity contribution is 5.33. The standard InChI is InChI=1S/C15H22O/c1-11(2)9-14(15(3,4)5)12-7-6-8-13(16)10-12/h6-10,14,16H,1-5H3. The second-order valence-corrected chi connectivity index (χ2v) is 5.68. The van der Waals surface area contributed by atoms with E-state index in [0.29, 0.717) is 11.7 Å². The molecule has 0 aliphatic rings. The third-order valence-corrected chi connectivity index (χ3v) is 2.66. The van der Waals surface area contributed by atoms with Crippen LogP contribution in [0.15, 0.2) is 35.9 Å². The Morgan fingerprint density at radius 1 is 1.25 bits per heavy atom. The van der Waals surface area contributed by atoms with Crippen LogP contribution in [-0.4, -0.2) is 5.11 Å². The zero-order valence-electron chi connectivity index (χ0n) is 10.9. The lowest BCUT2D eigenvalue weighted by Crippen LogP contribution is -2.16. The van der Waals surface area contributed by atoms with Crippen LogP contribution < -0.4 is 0 Å². The minimum absolute atomic E-state index is 0.158. The van der Waals surface area contributed by atoms with Crippen LogP contribution in [0.5, 0.6) is 5.75 Å². The van der Waals surface area contributed by atoms with Crippen molar-refractivity contribution >= 4 is 0 Å². The highest BCUT2D eigenvalue weighted by Crippen LogP contribution is 2.37. The molecule has 0 amide bonds. The highest BCUT2D eigenvalue weighted by Gasteiger charge is 2.24. The van der Waals surface area contributed by atoms with Gasteiger partial charge in [-0.1, -0.05) is 44.6 Å². The zero-order valence-corrected chi connectivity index (χ0v) is 10.9. The monoisotopic (exact) mass is 218 g/mol. The number of hydrogen-bond acceptors (Lipinski definition) is 1. The molecule has 1 aromatic carbocycles. The van der Waals surface area contributed by atoms with Gasteiger partial charge in [-0.3, -0.25) is 0 Å². The number of hydrogen-bond donors (Lipinski definition) is 1. The molecule has 1 N–H and O–H groups in total. The summed E-state index contributed by atoms with van der Waals surface area (Å²) in [4.78, 5) is 0. The van der Waals surface area contributed by atoms with Gasteiger partial charge in [-0.25, -0.2) is 0 Å². The number of allylic oxidation sites excluding steroid dienone is 2. The lowest BCUT2D eigenvalue weighted by atomic mass is 9.75. The summed E-state index contributed by atoms with van der Waals surface area (Å²) in [6.07, 6.45) is 2.27. The number of phenols is 1. The van der Waals surface area contributed by atoms with Crippen LogP contribution in [0.4, 0.5) is 0 Å². The molecule has 16 heavy (non-hydrogen) atoms. The van der Waals surface area contributed by atoms with E-state index in [1.807, 2.05) is 12.1 Å². The van der Waals surface area contributed by atoms with E-state index in [0.717, 1.165) is 0 Å². The summed E-state index contributed by atoms with van der Waals surface area (Å²) in [7, 11) is 0. The number of phenolic OH excluding ortho intramolecular Hbond substituents is 1. The molecule has 1 unspecified atom stereocenters. The molecule has 0 spiro atoms. The average molecular weight is 218 g/mol. The van der Waals surface area contributed by atoms with E-state index >= 15 is 0 Å². The summed E-state index contributed by atoms with van der Waals surface area (Å²) >= 11 is 0. The summed E-state index contributed by atoms with van der Waals surface area (Å²) in [6, 6.07) is 7.55. The molecule has 0 aliphatic heterocycles. The molecule has 0 aromatic heterocycles. The molecule has 0 saturated heterocycles. The summed E-state index contributed by atoms with van der Waals surface area (Å²) < 4.78 is 0. The van der Waals surface area contributed by atoms with Gasteiger partial charge < -0.3 is 5.11 Å². The molecule has 0 bridgehead atoms. The van der Waals surface area contributed by atoms with E-state index in [1.54, 1.807) is 6.07 Å².